The topological polar surface area (TPSA) is 64.3 Å². The van der Waals surface area contributed by atoms with Gasteiger partial charge >= 0.3 is 0 Å². The Morgan fingerprint density at radius 1 is 1.14 bits per heavy atom. The first-order valence-corrected chi connectivity index (χ1v) is 9.75. The molecule has 1 aliphatic rings. The molecule has 0 N–H and O–H groups in total. The van der Waals surface area contributed by atoms with E-state index in [0.717, 1.165) is 49.7 Å². The molecule has 0 atom stereocenters. The maximum Gasteiger partial charge on any atom is 0.276 e. The van der Waals surface area contributed by atoms with Gasteiger partial charge < -0.3 is 9.26 Å². The molecule has 3 heterocycles. The van der Waals surface area contributed by atoms with Gasteiger partial charge in [-0.05, 0) is 74.7 Å². The van der Waals surface area contributed by atoms with Crippen LogP contribution in [0.2, 0.25) is 0 Å². The number of ether oxygens (including phenoxy) is 1. The Morgan fingerprint density at radius 3 is 2.68 bits per heavy atom. The van der Waals surface area contributed by atoms with Gasteiger partial charge in [0.2, 0.25) is 0 Å². The largest absolute Gasteiger partial charge is 0.496 e. The highest BCUT2D eigenvalue weighted by atomic mass is 16.5. The Balaban J connectivity index is 1.38. The molecule has 0 saturated carbocycles. The number of hydrogen-bond acceptors (Lipinski definition) is 6. The average Bonchev–Trinajstić information content (AvgIpc) is 3.22. The number of rotatable bonds is 5. The molecular weight excluding hydrogens is 352 g/mol. The molecule has 0 aliphatic carbocycles. The summed E-state index contributed by atoms with van der Waals surface area (Å²) in [7, 11) is 1.73. The van der Waals surface area contributed by atoms with Gasteiger partial charge in [-0.25, -0.2) is 0 Å². The number of benzene rings is 1. The first-order chi connectivity index (χ1) is 13.6. The fraction of sp³-hybridized carbons (Fsp3) is 0.409. The molecule has 1 aliphatic heterocycles. The van der Waals surface area contributed by atoms with Crippen LogP contribution >= 0.6 is 0 Å². The van der Waals surface area contributed by atoms with Crippen molar-refractivity contribution in [2.75, 3.05) is 20.2 Å². The van der Waals surface area contributed by atoms with Gasteiger partial charge in [-0.2, -0.15) is 4.98 Å². The summed E-state index contributed by atoms with van der Waals surface area (Å²) in [5, 5.41) is 4.21. The second kappa shape index (κ2) is 8.10. The highest BCUT2D eigenvalue weighted by Crippen LogP contribution is 2.29. The molecule has 1 aromatic carbocycles. The minimum atomic E-state index is 0.344. The zero-order valence-electron chi connectivity index (χ0n) is 16.7. The van der Waals surface area contributed by atoms with Gasteiger partial charge in [-0.3, -0.25) is 9.88 Å². The Bertz CT molecular complexity index is 931. The van der Waals surface area contributed by atoms with E-state index >= 15 is 0 Å². The normalized spacial score (nSPS) is 15.7. The van der Waals surface area contributed by atoms with E-state index in [1.807, 2.05) is 18.2 Å². The fourth-order valence-corrected chi connectivity index (χ4v) is 3.82. The van der Waals surface area contributed by atoms with Crippen molar-refractivity contribution in [3.8, 4) is 17.3 Å². The van der Waals surface area contributed by atoms with Crippen LogP contribution in [0.15, 0.2) is 41.1 Å². The number of aryl methyl sites for hydroxylation is 2. The Kier molecular flexibility index (Phi) is 5.39. The van der Waals surface area contributed by atoms with Crippen LogP contribution in [0.3, 0.4) is 0 Å². The van der Waals surface area contributed by atoms with Crippen molar-refractivity contribution in [3.63, 3.8) is 0 Å². The van der Waals surface area contributed by atoms with Gasteiger partial charge in [-0.1, -0.05) is 17.3 Å². The number of likely N-dealkylation sites (tertiary alicyclic amines) is 1. The monoisotopic (exact) mass is 378 g/mol. The van der Waals surface area contributed by atoms with E-state index in [1.165, 1.54) is 16.7 Å². The van der Waals surface area contributed by atoms with Crippen molar-refractivity contribution < 1.29 is 9.26 Å². The van der Waals surface area contributed by atoms with Crippen LogP contribution in [0.1, 0.15) is 41.3 Å². The summed E-state index contributed by atoms with van der Waals surface area (Å²) in [4.78, 5) is 11.4. The highest BCUT2D eigenvalue weighted by Gasteiger charge is 2.25. The molecule has 0 radical (unpaired) electrons. The molecular formula is C22H26N4O2. The summed E-state index contributed by atoms with van der Waals surface area (Å²) in [6.07, 6.45) is 3.81. The number of pyridine rings is 1. The third-order valence-electron chi connectivity index (χ3n) is 5.53. The van der Waals surface area contributed by atoms with Crippen LogP contribution < -0.4 is 4.74 Å². The maximum atomic E-state index is 5.43. The van der Waals surface area contributed by atoms with Gasteiger partial charge in [0.15, 0.2) is 5.82 Å². The first-order valence-electron chi connectivity index (χ1n) is 9.75. The smallest absolute Gasteiger partial charge is 0.276 e. The molecule has 3 aromatic rings. The molecule has 6 nitrogen and oxygen atoms in total. The van der Waals surface area contributed by atoms with Crippen LogP contribution in [0, 0.1) is 13.8 Å². The Labute approximate surface area is 165 Å². The number of nitrogens with zero attached hydrogens (tertiary/aromatic N) is 4. The van der Waals surface area contributed by atoms with Gasteiger partial charge in [0, 0.05) is 18.7 Å². The molecule has 2 aromatic heterocycles. The second-order valence-corrected chi connectivity index (χ2v) is 7.47. The van der Waals surface area contributed by atoms with Gasteiger partial charge in [0.25, 0.3) is 5.89 Å². The zero-order valence-corrected chi connectivity index (χ0v) is 16.7. The summed E-state index contributed by atoms with van der Waals surface area (Å²) in [5.41, 5.74) is 4.56. The molecule has 0 unspecified atom stereocenters. The SMILES string of the molecule is COc1cc(C)c(CN2CCC(c3noc(-c4ccccn4)n3)CC2)cc1C. The van der Waals surface area contributed by atoms with Crippen molar-refractivity contribution in [2.24, 2.45) is 0 Å². The van der Waals surface area contributed by atoms with Crippen molar-refractivity contribution >= 4 is 0 Å². The van der Waals surface area contributed by atoms with Crippen LogP contribution in [0.4, 0.5) is 0 Å². The molecule has 6 heteroatoms. The minimum absolute atomic E-state index is 0.344. The molecule has 0 bridgehead atoms. The van der Waals surface area contributed by atoms with E-state index < -0.39 is 0 Å². The molecule has 28 heavy (non-hydrogen) atoms. The molecule has 0 amide bonds. The van der Waals surface area contributed by atoms with E-state index in [4.69, 9.17) is 9.26 Å². The number of piperidine rings is 1. The number of aromatic nitrogens is 3. The van der Waals surface area contributed by atoms with Gasteiger partial charge in [0.1, 0.15) is 11.4 Å². The summed E-state index contributed by atoms with van der Waals surface area (Å²) < 4.78 is 10.9. The third-order valence-corrected chi connectivity index (χ3v) is 5.53. The van der Waals surface area contributed by atoms with Crippen LogP contribution in [-0.2, 0) is 6.54 Å². The lowest BCUT2D eigenvalue weighted by atomic mass is 9.95. The average molecular weight is 378 g/mol. The molecule has 1 fully saturated rings. The summed E-state index contributed by atoms with van der Waals surface area (Å²) in [5.74, 6) is 2.61. The Morgan fingerprint density at radius 2 is 1.96 bits per heavy atom. The van der Waals surface area contributed by atoms with Crippen molar-refractivity contribution in [2.45, 2.75) is 39.2 Å². The van der Waals surface area contributed by atoms with Gasteiger partial charge in [0.05, 0.1) is 7.11 Å². The van der Waals surface area contributed by atoms with Crippen molar-refractivity contribution in [3.05, 3.63) is 59.0 Å². The van der Waals surface area contributed by atoms with E-state index in [-0.39, 0.29) is 0 Å². The van der Waals surface area contributed by atoms with E-state index in [1.54, 1.807) is 13.3 Å². The number of methoxy groups -OCH3 is 1. The number of hydrogen-bond donors (Lipinski definition) is 0. The lowest BCUT2D eigenvalue weighted by Gasteiger charge is -2.31. The minimum Gasteiger partial charge on any atom is -0.496 e. The zero-order chi connectivity index (χ0) is 19.5. The van der Waals surface area contributed by atoms with E-state index in [2.05, 4.69) is 46.0 Å². The fourth-order valence-electron chi connectivity index (χ4n) is 3.82. The lowest BCUT2D eigenvalue weighted by Crippen LogP contribution is -2.33. The maximum absolute atomic E-state index is 5.43. The predicted molar refractivity (Wildman–Crippen MR) is 107 cm³/mol. The van der Waals surface area contributed by atoms with Crippen LogP contribution in [-0.4, -0.2) is 40.2 Å². The van der Waals surface area contributed by atoms with Crippen molar-refractivity contribution in [1.82, 2.24) is 20.0 Å². The Hall–Kier alpha value is -2.73. The highest BCUT2D eigenvalue weighted by molar-refractivity contribution is 5.45. The molecule has 4 rings (SSSR count). The van der Waals surface area contributed by atoms with Gasteiger partial charge in [-0.15, -0.1) is 0 Å². The van der Waals surface area contributed by atoms with Crippen LogP contribution in [0.5, 0.6) is 5.75 Å². The summed E-state index contributed by atoms with van der Waals surface area (Å²) in [6, 6.07) is 10.1. The second-order valence-electron chi connectivity index (χ2n) is 7.47. The molecule has 0 spiro atoms. The standard InChI is InChI=1S/C22H26N4O2/c1-15-13-20(27-3)16(2)12-18(15)14-26-10-7-17(8-11-26)21-24-22(28-25-21)19-6-4-5-9-23-19/h4-6,9,12-13,17H,7-8,10-11,14H2,1-3H3. The first kappa shape index (κ1) is 18.6. The van der Waals surface area contributed by atoms with E-state index in [9.17, 15) is 0 Å². The summed E-state index contributed by atoms with van der Waals surface area (Å²) in [6.45, 7) is 7.28. The quantitative estimate of drug-likeness (QED) is 0.665. The van der Waals surface area contributed by atoms with E-state index in [0.29, 0.717) is 11.8 Å². The lowest BCUT2D eigenvalue weighted by molar-refractivity contribution is 0.200. The van der Waals surface area contributed by atoms with Crippen molar-refractivity contribution in [1.29, 1.82) is 0 Å². The molecule has 146 valence electrons. The summed E-state index contributed by atoms with van der Waals surface area (Å²) >= 11 is 0. The molecule has 1 saturated heterocycles. The van der Waals surface area contributed by atoms with Crippen LogP contribution in [0.25, 0.3) is 11.6 Å². The third kappa shape index (κ3) is 3.92. The predicted octanol–water partition coefficient (Wildman–Crippen LogP) is 4.14.